The van der Waals surface area contributed by atoms with Crippen molar-refractivity contribution < 1.29 is 9.90 Å². The number of hydrogen-bond donors (Lipinski definition) is 2. The van der Waals surface area contributed by atoms with Crippen LogP contribution in [0.15, 0.2) is 30.5 Å². The van der Waals surface area contributed by atoms with Crippen molar-refractivity contribution >= 4 is 16.8 Å². The minimum atomic E-state index is -0.102. The predicted molar refractivity (Wildman–Crippen MR) is 102 cm³/mol. The lowest BCUT2D eigenvalue weighted by Crippen LogP contribution is -2.41. The molecule has 1 aromatic carbocycles. The number of aromatic nitrogens is 4. The van der Waals surface area contributed by atoms with E-state index in [1.807, 2.05) is 23.1 Å². The van der Waals surface area contributed by atoms with Crippen molar-refractivity contribution in [3.63, 3.8) is 0 Å². The quantitative estimate of drug-likeness (QED) is 0.725. The number of amides is 1. The molecule has 3 aromatic rings. The zero-order valence-electron chi connectivity index (χ0n) is 15.6. The highest BCUT2D eigenvalue weighted by Gasteiger charge is 2.27. The van der Waals surface area contributed by atoms with Crippen molar-refractivity contribution in [2.24, 2.45) is 5.92 Å². The van der Waals surface area contributed by atoms with Gasteiger partial charge in [0.05, 0.1) is 12.8 Å². The second kappa shape index (κ2) is 7.52. The number of para-hydroxylation sites is 1. The molecule has 1 amide bonds. The molecular formula is C20H25N5O2. The summed E-state index contributed by atoms with van der Waals surface area (Å²) in [7, 11) is 0. The van der Waals surface area contributed by atoms with E-state index in [1.54, 1.807) is 10.9 Å². The number of nitrogens with zero attached hydrogens (tertiary/aromatic N) is 4. The summed E-state index contributed by atoms with van der Waals surface area (Å²) in [5.74, 6) is 0.424. The lowest BCUT2D eigenvalue weighted by molar-refractivity contribution is 0.0653. The van der Waals surface area contributed by atoms with Gasteiger partial charge in [-0.15, -0.1) is 5.10 Å². The van der Waals surface area contributed by atoms with Crippen LogP contribution in [0.5, 0.6) is 0 Å². The van der Waals surface area contributed by atoms with Gasteiger partial charge < -0.3 is 15.0 Å². The lowest BCUT2D eigenvalue weighted by Gasteiger charge is -2.32. The van der Waals surface area contributed by atoms with Gasteiger partial charge in [0, 0.05) is 30.5 Å². The zero-order valence-corrected chi connectivity index (χ0v) is 15.6. The highest BCUT2D eigenvalue weighted by atomic mass is 16.3. The van der Waals surface area contributed by atoms with Crippen molar-refractivity contribution in [3.8, 4) is 0 Å². The zero-order chi connectivity index (χ0) is 18.8. The molecule has 4 rings (SSSR count). The smallest absolute Gasteiger partial charge is 0.270 e. The maximum atomic E-state index is 13.2. The Kier molecular flexibility index (Phi) is 4.94. The molecule has 7 heteroatoms. The number of aromatic amines is 1. The molecule has 1 fully saturated rings. The third-order valence-electron chi connectivity index (χ3n) is 5.38. The number of fused-ring (bicyclic) bond motifs is 1. The Morgan fingerprint density at radius 3 is 3.00 bits per heavy atom. The first kappa shape index (κ1) is 17.7. The number of aliphatic hydroxyl groups is 1. The SMILES string of the molecule is CCc1c(C(=O)N2CCCC(Cn3cc(CO)nn3)C2)[nH]c2ccccc12. The summed E-state index contributed by atoms with van der Waals surface area (Å²) in [6, 6.07) is 8.10. The Labute approximate surface area is 158 Å². The molecule has 0 spiro atoms. The van der Waals surface area contributed by atoms with E-state index in [0.29, 0.717) is 24.7 Å². The van der Waals surface area contributed by atoms with Crippen molar-refractivity contribution in [3.05, 3.63) is 47.4 Å². The largest absolute Gasteiger partial charge is 0.390 e. The van der Waals surface area contributed by atoms with Crippen LogP contribution in [-0.2, 0) is 19.6 Å². The highest BCUT2D eigenvalue weighted by molar-refractivity contribution is 6.01. The molecule has 1 unspecified atom stereocenters. The van der Waals surface area contributed by atoms with Crippen LogP contribution in [-0.4, -0.2) is 49.0 Å². The maximum absolute atomic E-state index is 13.2. The monoisotopic (exact) mass is 367 g/mol. The molecule has 0 radical (unpaired) electrons. The van der Waals surface area contributed by atoms with E-state index in [4.69, 9.17) is 5.11 Å². The average molecular weight is 367 g/mol. The number of aliphatic hydroxyl groups excluding tert-OH is 1. The lowest BCUT2D eigenvalue weighted by atomic mass is 9.97. The van der Waals surface area contributed by atoms with Crippen LogP contribution in [0, 0.1) is 5.92 Å². The summed E-state index contributed by atoms with van der Waals surface area (Å²) in [4.78, 5) is 18.5. The number of carbonyl (C=O) groups is 1. The fraction of sp³-hybridized carbons (Fsp3) is 0.450. The molecule has 1 saturated heterocycles. The van der Waals surface area contributed by atoms with Gasteiger partial charge in [0.1, 0.15) is 11.4 Å². The van der Waals surface area contributed by atoms with E-state index in [1.165, 1.54) is 0 Å². The molecule has 3 heterocycles. The molecule has 0 bridgehead atoms. The van der Waals surface area contributed by atoms with Gasteiger partial charge in [0.2, 0.25) is 0 Å². The summed E-state index contributed by atoms with van der Waals surface area (Å²) in [5, 5.41) is 18.3. The fourth-order valence-corrected chi connectivity index (χ4v) is 4.07. The standard InChI is InChI=1S/C20H25N5O2/c1-2-16-17-7-3-4-8-18(17)21-19(16)20(27)24-9-5-6-14(10-24)11-25-12-15(13-26)22-23-25/h3-4,7-8,12,14,21,26H,2,5-6,9-11,13H2,1H3. The van der Waals surface area contributed by atoms with Crippen LogP contribution in [0.3, 0.4) is 0 Å². The van der Waals surface area contributed by atoms with Gasteiger partial charge in [-0.1, -0.05) is 30.3 Å². The number of likely N-dealkylation sites (tertiary alicyclic amines) is 1. The third kappa shape index (κ3) is 3.47. The molecule has 1 aliphatic heterocycles. The number of carbonyl (C=O) groups excluding carboxylic acids is 1. The van der Waals surface area contributed by atoms with Crippen molar-refractivity contribution in [1.29, 1.82) is 0 Å². The molecule has 27 heavy (non-hydrogen) atoms. The van der Waals surface area contributed by atoms with E-state index in [0.717, 1.165) is 48.0 Å². The van der Waals surface area contributed by atoms with Crippen molar-refractivity contribution in [2.75, 3.05) is 13.1 Å². The minimum Gasteiger partial charge on any atom is -0.390 e. The normalized spacial score (nSPS) is 17.6. The summed E-state index contributed by atoms with van der Waals surface area (Å²) < 4.78 is 1.77. The predicted octanol–water partition coefficient (Wildman–Crippen LogP) is 2.37. The number of piperidine rings is 1. The number of H-pyrrole nitrogens is 1. The van der Waals surface area contributed by atoms with E-state index in [-0.39, 0.29) is 12.5 Å². The van der Waals surface area contributed by atoms with E-state index in [9.17, 15) is 4.79 Å². The topological polar surface area (TPSA) is 87.0 Å². The summed E-state index contributed by atoms with van der Waals surface area (Å²) in [6.07, 6.45) is 4.64. The average Bonchev–Trinajstić information content (AvgIpc) is 3.31. The Bertz CT molecular complexity index is 945. The van der Waals surface area contributed by atoms with Gasteiger partial charge in [0.25, 0.3) is 5.91 Å². The number of nitrogens with one attached hydrogen (secondary N) is 1. The molecule has 0 aliphatic carbocycles. The second-order valence-corrected chi connectivity index (χ2v) is 7.23. The van der Waals surface area contributed by atoms with Crippen LogP contribution in [0.1, 0.15) is 41.5 Å². The fourth-order valence-electron chi connectivity index (χ4n) is 4.07. The second-order valence-electron chi connectivity index (χ2n) is 7.23. The minimum absolute atomic E-state index is 0.0855. The molecule has 2 aromatic heterocycles. The Morgan fingerprint density at radius 2 is 2.22 bits per heavy atom. The number of aryl methyl sites for hydroxylation is 1. The Hall–Kier alpha value is -2.67. The first-order valence-corrected chi connectivity index (χ1v) is 9.58. The van der Waals surface area contributed by atoms with E-state index >= 15 is 0 Å². The number of hydrogen-bond acceptors (Lipinski definition) is 4. The van der Waals surface area contributed by atoms with Gasteiger partial charge in [-0.25, -0.2) is 0 Å². The number of rotatable bonds is 5. The van der Waals surface area contributed by atoms with Gasteiger partial charge >= 0.3 is 0 Å². The highest BCUT2D eigenvalue weighted by Crippen LogP contribution is 2.26. The summed E-state index contributed by atoms with van der Waals surface area (Å²) in [6.45, 7) is 4.20. The Morgan fingerprint density at radius 1 is 1.37 bits per heavy atom. The molecule has 1 atom stereocenters. The van der Waals surface area contributed by atoms with Gasteiger partial charge in [-0.2, -0.15) is 0 Å². The van der Waals surface area contributed by atoms with Crippen LogP contribution in [0.25, 0.3) is 10.9 Å². The third-order valence-corrected chi connectivity index (χ3v) is 5.38. The van der Waals surface area contributed by atoms with Crippen LogP contribution >= 0.6 is 0 Å². The van der Waals surface area contributed by atoms with Crippen LogP contribution in [0.2, 0.25) is 0 Å². The maximum Gasteiger partial charge on any atom is 0.270 e. The molecule has 1 aliphatic rings. The molecule has 0 saturated carbocycles. The number of benzene rings is 1. The van der Waals surface area contributed by atoms with Gasteiger partial charge in [-0.3, -0.25) is 9.48 Å². The van der Waals surface area contributed by atoms with Gasteiger partial charge in [-0.05, 0) is 36.8 Å². The molecular weight excluding hydrogens is 342 g/mol. The summed E-state index contributed by atoms with van der Waals surface area (Å²) in [5.41, 5.74) is 3.42. The van der Waals surface area contributed by atoms with E-state index in [2.05, 4.69) is 28.3 Å². The van der Waals surface area contributed by atoms with Crippen molar-refractivity contribution in [2.45, 2.75) is 39.3 Å². The van der Waals surface area contributed by atoms with Gasteiger partial charge in [0.15, 0.2) is 0 Å². The molecule has 2 N–H and O–H groups in total. The van der Waals surface area contributed by atoms with Crippen LogP contribution < -0.4 is 0 Å². The first-order chi connectivity index (χ1) is 13.2. The van der Waals surface area contributed by atoms with E-state index < -0.39 is 0 Å². The Balaban J connectivity index is 1.52. The first-order valence-electron chi connectivity index (χ1n) is 9.58. The molecule has 142 valence electrons. The molecule has 7 nitrogen and oxygen atoms in total. The van der Waals surface area contributed by atoms with Crippen LogP contribution in [0.4, 0.5) is 0 Å². The van der Waals surface area contributed by atoms with Crippen molar-refractivity contribution in [1.82, 2.24) is 24.9 Å². The summed E-state index contributed by atoms with van der Waals surface area (Å²) >= 11 is 0.